The zero-order chi connectivity index (χ0) is 33.4. The Labute approximate surface area is 264 Å². The van der Waals surface area contributed by atoms with Crippen molar-refractivity contribution in [2.75, 3.05) is 7.05 Å². The standard InChI is InChI=1S/C32H48N6O7/c1-4-5-6-7-8-9-10-13-16-38-20-22(23-14-11-12-15-27(23)38)17-24(35-21(2)39)31(44)36-25(18-28(33)40)32(45)37-26(19-29(41)42)30(43)34-3/h11-12,14-15,20,24-26H,4-10,13,16-19H2,1-3H3,(H2,33,40)(H,34,43)(H,35,39)(H,36,44)(H,37,45)(H,41,42). The molecule has 5 amide bonds. The minimum absolute atomic E-state index is 0.0984. The number of benzene rings is 1. The van der Waals surface area contributed by atoms with Crippen molar-refractivity contribution in [1.29, 1.82) is 0 Å². The number of primary amides is 1. The number of hydrogen-bond acceptors (Lipinski definition) is 6. The third-order valence-corrected chi connectivity index (χ3v) is 7.54. The Bertz CT molecular complexity index is 1320. The molecule has 0 aliphatic carbocycles. The van der Waals surface area contributed by atoms with Gasteiger partial charge in [0.25, 0.3) is 0 Å². The van der Waals surface area contributed by atoms with Gasteiger partial charge in [-0.15, -0.1) is 0 Å². The summed E-state index contributed by atoms with van der Waals surface area (Å²) in [7, 11) is 1.27. The Kier molecular flexibility index (Phi) is 15.6. The number of nitrogens with zero attached hydrogens (tertiary/aromatic N) is 1. The molecule has 0 saturated carbocycles. The molecule has 1 aromatic carbocycles. The number of carboxylic acid groups (broad SMARTS) is 1. The summed E-state index contributed by atoms with van der Waals surface area (Å²) in [4.78, 5) is 73.7. The molecule has 13 heteroatoms. The maximum absolute atomic E-state index is 13.5. The van der Waals surface area contributed by atoms with E-state index in [-0.39, 0.29) is 6.42 Å². The molecule has 248 valence electrons. The Hall–Kier alpha value is -4.42. The van der Waals surface area contributed by atoms with E-state index in [1.54, 1.807) is 0 Å². The van der Waals surface area contributed by atoms with Gasteiger partial charge in [-0.05, 0) is 18.1 Å². The molecule has 3 atom stereocenters. The Morgan fingerprint density at radius 3 is 1.96 bits per heavy atom. The van der Waals surface area contributed by atoms with E-state index in [0.717, 1.165) is 35.9 Å². The molecule has 3 unspecified atom stereocenters. The van der Waals surface area contributed by atoms with Crippen LogP contribution in [0.5, 0.6) is 0 Å². The van der Waals surface area contributed by atoms with Crippen LogP contribution in [0.4, 0.5) is 0 Å². The van der Waals surface area contributed by atoms with Crippen molar-refractivity contribution in [1.82, 2.24) is 25.8 Å². The van der Waals surface area contributed by atoms with Crippen LogP contribution in [0.1, 0.15) is 83.6 Å². The molecule has 0 aliphatic heterocycles. The summed E-state index contributed by atoms with van der Waals surface area (Å²) < 4.78 is 2.15. The summed E-state index contributed by atoms with van der Waals surface area (Å²) in [6, 6.07) is 3.71. The number of aliphatic carboxylic acids is 1. The van der Waals surface area contributed by atoms with Crippen molar-refractivity contribution in [3.05, 3.63) is 36.0 Å². The van der Waals surface area contributed by atoms with Crippen LogP contribution in [0.15, 0.2) is 30.5 Å². The number of rotatable bonds is 21. The van der Waals surface area contributed by atoms with Gasteiger partial charge >= 0.3 is 5.97 Å². The topological polar surface area (TPSA) is 202 Å². The molecular formula is C32H48N6O7. The van der Waals surface area contributed by atoms with E-state index in [2.05, 4.69) is 32.8 Å². The van der Waals surface area contributed by atoms with Crippen LogP contribution in [0.3, 0.4) is 0 Å². The summed E-state index contributed by atoms with van der Waals surface area (Å²) in [6.07, 6.45) is 10.3. The van der Waals surface area contributed by atoms with Crippen LogP contribution in [-0.2, 0) is 41.7 Å². The molecule has 7 N–H and O–H groups in total. The van der Waals surface area contributed by atoms with Crippen molar-refractivity contribution in [2.45, 2.75) is 109 Å². The lowest BCUT2D eigenvalue weighted by Gasteiger charge is -2.24. The summed E-state index contributed by atoms with van der Waals surface area (Å²) in [6.45, 7) is 4.27. The van der Waals surface area contributed by atoms with Gasteiger partial charge in [-0.1, -0.05) is 70.1 Å². The molecule has 0 radical (unpaired) electrons. The van der Waals surface area contributed by atoms with E-state index < -0.39 is 66.5 Å². The Morgan fingerprint density at radius 2 is 1.38 bits per heavy atom. The summed E-state index contributed by atoms with van der Waals surface area (Å²) in [5.74, 6) is -5.22. The van der Waals surface area contributed by atoms with Crippen molar-refractivity contribution in [3.63, 3.8) is 0 Å². The number of carbonyl (C=O) groups is 6. The van der Waals surface area contributed by atoms with Gasteiger partial charge in [-0.3, -0.25) is 28.8 Å². The number of fused-ring (bicyclic) bond motifs is 1. The van der Waals surface area contributed by atoms with Crippen LogP contribution in [0.25, 0.3) is 10.9 Å². The highest BCUT2D eigenvalue weighted by atomic mass is 16.4. The maximum Gasteiger partial charge on any atom is 0.305 e. The number of likely N-dealkylation sites (N-methyl/N-ethyl adjacent to an activating group) is 1. The fourth-order valence-electron chi connectivity index (χ4n) is 5.27. The third kappa shape index (κ3) is 12.6. The van der Waals surface area contributed by atoms with Crippen molar-refractivity contribution < 1.29 is 33.9 Å². The van der Waals surface area contributed by atoms with Crippen LogP contribution in [0, 0.1) is 0 Å². The second-order valence-electron chi connectivity index (χ2n) is 11.3. The van der Waals surface area contributed by atoms with Crippen LogP contribution < -0.4 is 27.0 Å². The SMILES string of the molecule is CCCCCCCCCCn1cc(CC(NC(C)=O)C(=O)NC(CC(N)=O)C(=O)NC(CC(=O)O)C(=O)NC)c2ccccc21. The highest BCUT2D eigenvalue weighted by molar-refractivity contribution is 5.97. The average Bonchev–Trinajstić information content (AvgIpc) is 3.33. The molecule has 1 heterocycles. The van der Waals surface area contributed by atoms with Crippen molar-refractivity contribution >= 4 is 46.4 Å². The number of hydrogen-bond donors (Lipinski definition) is 6. The number of aromatic nitrogens is 1. The number of aryl methyl sites for hydroxylation is 1. The fourth-order valence-corrected chi connectivity index (χ4v) is 5.27. The molecule has 2 rings (SSSR count). The normalized spacial score (nSPS) is 13.0. The Morgan fingerprint density at radius 1 is 0.800 bits per heavy atom. The largest absolute Gasteiger partial charge is 0.481 e. The van der Waals surface area contributed by atoms with Gasteiger partial charge in [-0.2, -0.15) is 0 Å². The number of nitrogens with one attached hydrogen (secondary N) is 4. The molecule has 1 aromatic heterocycles. The van der Waals surface area contributed by atoms with Gasteiger partial charge in [0.1, 0.15) is 18.1 Å². The number of nitrogens with two attached hydrogens (primary N) is 1. The molecule has 45 heavy (non-hydrogen) atoms. The second kappa shape index (κ2) is 19.1. The van der Waals surface area contributed by atoms with Crippen molar-refractivity contribution in [3.8, 4) is 0 Å². The fraction of sp³-hybridized carbons (Fsp3) is 0.562. The number of amides is 5. The molecule has 0 aliphatic rings. The molecule has 0 bridgehead atoms. The van der Waals surface area contributed by atoms with E-state index in [4.69, 9.17) is 10.8 Å². The zero-order valence-corrected chi connectivity index (χ0v) is 26.5. The third-order valence-electron chi connectivity index (χ3n) is 7.54. The van der Waals surface area contributed by atoms with Crippen LogP contribution >= 0.6 is 0 Å². The van der Waals surface area contributed by atoms with Gasteiger partial charge in [-0.25, -0.2) is 0 Å². The molecule has 0 fully saturated rings. The maximum atomic E-state index is 13.5. The smallest absolute Gasteiger partial charge is 0.305 e. The quantitative estimate of drug-likeness (QED) is 0.113. The van der Waals surface area contributed by atoms with E-state index in [1.165, 1.54) is 52.5 Å². The van der Waals surface area contributed by atoms with E-state index >= 15 is 0 Å². The summed E-state index contributed by atoms with van der Waals surface area (Å²) in [5.41, 5.74) is 7.14. The number of carboxylic acids is 1. The predicted octanol–water partition coefficient (Wildman–Crippen LogP) is 1.89. The molecule has 13 nitrogen and oxygen atoms in total. The first-order valence-corrected chi connectivity index (χ1v) is 15.6. The number of para-hydroxylation sites is 1. The molecule has 2 aromatic rings. The number of carbonyl (C=O) groups excluding carboxylic acids is 5. The lowest BCUT2D eigenvalue weighted by atomic mass is 10.0. The first kappa shape index (κ1) is 36.8. The lowest BCUT2D eigenvalue weighted by molar-refractivity contribution is -0.141. The van der Waals surface area contributed by atoms with Gasteiger partial charge in [0.2, 0.25) is 29.5 Å². The summed E-state index contributed by atoms with van der Waals surface area (Å²) >= 11 is 0. The van der Waals surface area contributed by atoms with E-state index in [1.807, 2.05) is 30.5 Å². The van der Waals surface area contributed by atoms with Gasteiger partial charge in [0, 0.05) is 44.0 Å². The van der Waals surface area contributed by atoms with E-state index in [9.17, 15) is 28.8 Å². The van der Waals surface area contributed by atoms with Gasteiger partial charge in [0.05, 0.1) is 12.8 Å². The highest BCUT2D eigenvalue weighted by Gasteiger charge is 2.31. The molecule has 0 spiro atoms. The first-order valence-electron chi connectivity index (χ1n) is 15.6. The van der Waals surface area contributed by atoms with Gasteiger partial charge in [0.15, 0.2) is 0 Å². The summed E-state index contributed by atoms with van der Waals surface area (Å²) in [5, 5.41) is 19.7. The number of unbranched alkanes of at least 4 members (excludes halogenated alkanes) is 7. The van der Waals surface area contributed by atoms with E-state index in [0.29, 0.717) is 0 Å². The predicted molar refractivity (Wildman–Crippen MR) is 170 cm³/mol. The first-order chi connectivity index (χ1) is 21.5. The molecular weight excluding hydrogens is 580 g/mol. The van der Waals surface area contributed by atoms with Crippen molar-refractivity contribution in [2.24, 2.45) is 5.73 Å². The van der Waals surface area contributed by atoms with Gasteiger partial charge < -0.3 is 36.7 Å². The lowest BCUT2D eigenvalue weighted by Crippen LogP contribution is -2.57. The zero-order valence-electron chi connectivity index (χ0n) is 26.5. The minimum atomic E-state index is -1.52. The monoisotopic (exact) mass is 628 g/mol. The highest BCUT2D eigenvalue weighted by Crippen LogP contribution is 2.24. The minimum Gasteiger partial charge on any atom is -0.481 e. The average molecular weight is 629 g/mol. The Balaban J connectivity index is 2.20. The van der Waals surface area contributed by atoms with Crippen LogP contribution in [0.2, 0.25) is 0 Å². The van der Waals surface area contributed by atoms with Crippen LogP contribution in [-0.4, -0.2) is 70.4 Å². The molecule has 0 saturated heterocycles. The second-order valence-corrected chi connectivity index (χ2v) is 11.3.